The minimum atomic E-state index is -0.0199. The van der Waals surface area contributed by atoms with Crippen LogP contribution in [-0.4, -0.2) is 38.0 Å². The number of aromatic nitrogens is 4. The number of amides is 1. The van der Waals surface area contributed by atoms with Gasteiger partial charge in [-0.3, -0.25) is 14.3 Å². The number of carbonyl (C=O) groups excluding carboxylic acids is 1. The Labute approximate surface area is 157 Å². The van der Waals surface area contributed by atoms with Crippen molar-refractivity contribution in [2.75, 3.05) is 12.3 Å². The average Bonchev–Trinajstić information content (AvgIpc) is 3.12. The fraction of sp³-hybridized carbons (Fsp3) is 0.263. The van der Waals surface area contributed by atoms with E-state index in [1.54, 1.807) is 12.5 Å². The van der Waals surface area contributed by atoms with Gasteiger partial charge in [0.25, 0.3) is 0 Å². The maximum atomic E-state index is 12.1. The van der Waals surface area contributed by atoms with Crippen LogP contribution in [0.15, 0.2) is 54.2 Å². The average molecular weight is 367 g/mol. The molecule has 6 nitrogen and oxygen atoms in total. The summed E-state index contributed by atoms with van der Waals surface area (Å²) >= 11 is 1.38. The third kappa shape index (κ3) is 4.70. The van der Waals surface area contributed by atoms with Crippen molar-refractivity contribution < 1.29 is 4.79 Å². The van der Waals surface area contributed by atoms with E-state index >= 15 is 0 Å². The molecule has 7 heteroatoms. The van der Waals surface area contributed by atoms with Gasteiger partial charge < -0.3 is 5.32 Å². The summed E-state index contributed by atoms with van der Waals surface area (Å²) in [6.45, 7) is 4.75. The summed E-state index contributed by atoms with van der Waals surface area (Å²) in [6, 6.07) is 10.1. The Kier molecular flexibility index (Phi) is 6.01. The molecule has 3 aromatic rings. The molecule has 0 fully saturated rings. The normalized spacial score (nSPS) is 10.7. The molecule has 0 aliphatic heterocycles. The summed E-state index contributed by atoms with van der Waals surface area (Å²) in [7, 11) is 0. The predicted molar refractivity (Wildman–Crippen MR) is 103 cm³/mol. The molecule has 26 heavy (non-hydrogen) atoms. The molecular formula is C19H21N5OS. The Hall–Kier alpha value is -2.67. The van der Waals surface area contributed by atoms with Gasteiger partial charge >= 0.3 is 0 Å². The Morgan fingerprint density at radius 2 is 2.12 bits per heavy atom. The first-order chi connectivity index (χ1) is 12.6. The molecule has 2 heterocycles. The van der Waals surface area contributed by atoms with Crippen molar-refractivity contribution in [1.82, 2.24) is 25.1 Å². The molecule has 1 aromatic carbocycles. The summed E-state index contributed by atoms with van der Waals surface area (Å²) in [5.74, 6) is 0.282. The molecule has 1 N–H and O–H groups in total. The number of benzene rings is 1. The van der Waals surface area contributed by atoms with Crippen LogP contribution in [0.1, 0.15) is 16.7 Å². The molecule has 0 saturated carbocycles. The van der Waals surface area contributed by atoms with E-state index in [4.69, 9.17) is 0 Å². The first kappa shape index (κ1) is 18.1. The van der Waals surface area contributed by atoms with E-state index in [9.17, 15) is 4.79 Å². The Morgan fingerprint density at radius 3 is 2.88 bits per heavy atom. The van der Waals surface area contributed by atoms with Gasteiger partial charge in [0.15, 0.2) is 5.16 Å². The minimum Gasteiger partial charge on any atom is -0.355 e. The smallest absolute Gasteiger partial charge is 0.230 e. The summed E-state index contributed by atoms with van der Waals surface area (Å²) in [6.07, 6.45) is 5.99. The number of hydrogen-bond acceptors (Lipinski definition) is 5. The highest BCUT2D eigenvalue weighted by Crippen LogP contribution is 2.21. The lowest BCUT2D eigenvalue weighted by molar-refractivity contribution is -0.118. The monoisotopic (exact) mass is 367 g/mol. The number of pyridine rings is 1. The van der Waals surface area contributed by atoms with Crippen LogP contribution in [0.25, 0.3) is 5.69 Å². The molecule has 134 valence electrons. The van der Waals surface area contributed by atoms with Crippen LogP contribution in [0, 0.1) is 13.8 Å². The molecular weight excluding hydrogens is 346 g/mol. The molecule has 3 rings (SSSR count). The van der Waals surface area contributed by atoms with E-state index in [0.29, 0.717) is 17.5 Å². The largest absolute Gasteiger partial charge is 0.355 e. The van der Waals surface area contributed by atoms with E-state index in [1.165, 1.54) is 22.9 Å². The molecule has 2 aromatic heterocycles. The number of nitrogens with one attached hydrogen (secondary N) is 1. The lowest BCUT2D eigenvalue weighted by Crippen LogP contribution is -2.27. The molecule has 0 unspecified atom stereocenters. The fourth-order valence-electron chi connectivity index (χ4n) is 2.45. The lowest BCUT2D eigenvalue weighted by atomic mass is 10.1. The number of nitrogens with zero attached hydrogens (tertiary/aromatic N) is 4. The Morgan fingerprint density at radius 1 is 1.23 bits per heavy atom. The van der Waals surface area contributed by atoms with Gasteiger partial charge in [-0.15, -0.1) is 10.2 Å². The fourth-order valence-corrected chi connectivity index (χ4v) is 3.21. The van der Waals surface area contributed by atoms with Crippen LogP contribution in [0.3, 0.4) is 0 Å². The van der Waals surface area contributed by atoms with Crippen LogP contribution < -0.4 is 5.32 Å². The van der Waals surface area contributed by atoms with Gasteiger partial charge in [0, 0.05) is 24.6 Å². The zero-order valence-electron chi connectivity index (χ0n) is 14.8. The highest BCUT2D eigenvalue weighted by atomic mass is 32.2. The van der Waals surface area contributed by atoms with Gasteiger partial charge in [-0.25, -0.2) is 0 Å². The van der Waals surface area contributed by atoms with E-state index in [0.717, 1.165) is 17.7 Å². The van der Waals surface area contributed by atoms with Crippen LogP contribution in [-0.2, 0) is 11.2 Å². The van der Waals surface area contributed by atoms with Gasteiger partial charge in [0.2, 0.25) is 5.91 Å². The molecule has 1 amide bonds. The van der Waals surface area contributed by atoms with Crippen LogP contribution in [0.2, 0.25) is 0 Å². The number of thioether (sulfide) groups is 1. The second kappa shape index (κ2) is 8.62. The highest BCUT2D eigenvalue weighted by Gasteiger charge is 2.10. The number of aryl methyl sites for hydroxylation is 2. The molecule has 0 aliphatic rings. The molecule has 0 radical (unpaired) electrons. The summed E-state index contributed by atoms with van der Waals surface area (Å²) in [5.41, 5.74) is 4.55. The quantitative estimate of drug-likeness (QED) is 0.650. The van der Waals surface area contributed by atoms with E-state index < -0.39 is 0 Å². The van der Waals surface area contributed by atoms with Crippen LogP contribution >= 0.6 is 11.8 Å². The topological polar surface area (TPSA) is 72.7 Å². The van der Waals surface area contributed by atoms with Gasteiger partial charge in [-0.1, -0.05) is 23.9 Å². The van der Waals surface area contributed by atoms with Crippen molar-refractivity contribution >= 4 is 17.7 Å². The number of carbonyl (C=O) groups is 1. The van der Waals surface area contributed by atoms with Crippen LogP contribution in [0.4, 0.5) is 0 Å². The van der Waals surface area contributed by atoms with Gasteiger partial charge in [0.05, 0.1) is 5.75 Å². The maximum Gasteiger partial charge on any atom is 0.230 e. The van der Waals surface area contributed by atoms with E-state index in [1.807, 2.05) is 29.0 Å². The third-order valence-electron chi connectivity index (χ3n) is 4.08. The first-order valence-corrected chi connectivity index (χ1v) is 9.38. The Bertz CT molecular complexity index is 879. The predicted octanol–water partition coefficient (Wildman–Crippen LogP) is 2.73. The van der Waals surface area contributed by atoms with Crippen molar-refractivity contribution in [3.63, 3.8) is 0 Å². The van der Waals surface area contributed by atoms with Gasteiger partial charge in [0.1, 0.15) is 6.33 Å². The molecule has 0 saturated heterocycles. The number of rotatable bonds is 7. The zero-order chi connectivity index (χ0) is 18.4. The molecule has 0 aliphatic carbocycles. The molecule has 0 spiro atoms. The second-order valence-electron chi connectivity index (χ2n) is 6.00. The van der Waals surface area contributed by atoms with Crippen molar-refractivity contribution in [2.24, 2.45) is 0 Å². The second-order valence-corrected chi connectivity index (χ2v) is 6.94. The molecule has 0 atom stereocenters. The highest BCUT2D eigenvalue weighted by molar-refractivity contribution is 7.99. The van der Waals surface area contributed by atoms with Crippen molar-refractivity contribution in [3.8, 4) is 5.69 Å². The van der Waals surface area contributed by atoms with Crippen molar-refractivity contribution in [1.29, 1.82) is 0 Å². The van der Waals surface area contributed by atoms with E-state index in [2.05, 4.69) is 46.5 Å². The van der Waals surface area contributed by atoms with E-state index in [-0.39, 0.29) is 5.91 Å². The van der Waals surface area contributed by atoms with Crippen molar-refractivity contribution in [3.05, 3.63) is 65.7 Å². The van der Waals surface area contributed by atoms with Crippen molar-refractivity contribution in [2.45, 2.75) is 25.4 Å². The minimum absolute atomic E-state index is 0.0199. The summed E-state index contributed by atoms with van der Waals surface area (Å²) in [4.78, 5) is 16.1. The van der Waals surface area contributed by atoms with Crippen LogP contribution in [0.5, 0.6) is 0 Å². The zero-order valence-corrected chi connectivity index (χ0v) is 15.7. The van der Waals surface area contributed by atoms with Gasteiger partial charge in [-0.2, -0.15) is 0 Å². The van der Waals surface area contributed by atoms with Gasteiger partial charge in [-0.05, 0) is 55.2 Å². The standard InChI is InChI=1S/C19H21N5OS/c1-14-5-6-17(10-15(14)2)24-13-22-23-19(24)26-12-18(25)21-9-7-16-4-3-8-20-11-16/h3-6,8,10-11,13H,7,9,12H2,1-2H3,(H,21,25). The maximum absolute atomic E-state index is 12.1. The Balaban J connectivity index is 1.53. The molecule has 0 bridgehead atoms. The summed E-state index contributed by atoms with van der Waals surface area (Å²) < 4.78 is 1.90. The first-order valence-electron chi connectivity index (χ1n) is 8.39. The SMILES string of the molecule is Cc1ccc(-n2cnnc2SCC(=O)NCCc2cccnc2)cc1C. The third-order valence-corrected chi connectivity index (χ3v) is 5.02. The summed E-state index contributed by atoms with van der Waals surface area (Å²) in [5, 5.41) is 11.7. The number of hydrogen-bond donors (Lipinski definition) is 1. The lowest BCUT2D eigenvalue weighted by Gasteiger charge is -2.09.